The highest BCUT2D eigenvalue weighted by Gasteiger charge is 2.27. The van der Waals surface area contributed by atoms with Gasteiger partial charge in [0.25, 0.3) is 0 Å². The van der Waals surface area contributed by atoms with Crippen LogP contribution in [0.25, 0.3) is 0 Å². The van der Waals surface area contributed by atoms with Crippen molar-refractivity contribution in [1.82, 2.24) is 5.32 Å². The van der Waals surface area contributed by atoms with E-state index in [1.807, 2.05) is 0 Å². The van der Waals surface area contributed by atoms with Gasteiger partial charge in [0.2, 0.25) is 0 Å². The van der Waals surface area contributed by atoms with Gasteiger partial charge in [0.05, 0.1) is 6.61 Å². The molecule has 1 unspecified atom stereocenters. The van der Waals surface area contributed by atoms with Gasteiger partial charge in [0, 0.05) is 13.7 Å². The summed E-state index contributed by atoms with van der Waals surface area (Å²) in [6.07, 6.45) is 2.87. The minimum Gasteiger partial charge on any atom is -0.380 e. The molecule has 1 aromatic rings. The molecular formula is C15H23NO. The van der Waals surface area contributed by atoms with Crippen LogP contribution in [-0.2, 0) is 17.9 Å². The maximum absolute atomic E-state index is 5.14. The number of ether oxygens (including phenoxy) is 1. The summed E-state index contributed by atoms with van der Waals surface area (Å²) in [7, 11) is 1.74. The number of nitrogens with one attached hydrogen (secondary N) is 1. The van der Waals surface area contributed by atoms with E-state index in [4.69, 9.17) is 4.74 Å². The van der Waals surface area contributed by atoms with Crippen molar-refractivity contribution >= 4 is 0 Å². The van der Waals surface area contributed by atoms with Crippen molar-refractivity contribution in [3.63, 3.8) is 0 Å². The van der Waals surface area contributed by atoms with Crippen molar-refractivity contribution in [2.24, 2.45) is 11.8 Å². The average molecular weight is 233 g/mol. The number of hydrogen-bond acceptors (Lipinski definition) is 2. The molecule has 0 radical (unpaired) electrons. The van der Waals surface area contributed by atoms with E-state index in [9.17, 15) is 0 Å². The summed E-state index contributed by atoms with van der Waals surface area (Å²) in [5.41, 5.74) is 2.60. The van der Waals surface area contributed by atoms with Crippen molar-refractivity contribution in [3.8, 4) is 0 Å². The van der Waals surface area contributed by atoms with Crippen molar-refractivity contribution in [3.05, 3.63) is 35.4 Å². The first-order valence-corrected chi connectivity index (χ1v) is 6.57. The molecule has 1 saturated carbocycles. The van der Waals surface area contributed by atoms with Gasteiger partial charge >= 0.3 is 0 Å². The minimum absolute atomic E-state index is 0.701. The molecule has 1 aliphatic carbocycles. The second-order valence-electron chi connectivity index (χ2n) is 5.20. The van der Waals surface area contributed by atoms with Gasteiger partial charge in [-0.1, -0.05) is 31.2 Å². The Morgan fingerprint density at radius 2 is 2.12 bits per heavy atom. The van der Waals surface area contributed by atoms with Crippen molar-refractivity contribution in [2.45, 2.75) is 32.9 Å². The minimum atomic E-state index is 0.701. The topological polar surface area (TPSA) is 21.3 Å². The summed E-state index contributed by atoms with van der Waals surface area (Å²) in [5, 5.41) is 3.55. The van der Waals surface area contributed by atoms with Crippen LogP contribution < -0.4 is 5.32 Å². The van der Waals surface area contributed by atoms with Crippen molar-refractivity contribution in [2.75, 3.05) is 13.7 Å². The molecule has 17 heavy (non-hydrogen) atoms. The predicted molar refractivity (Wildman–Crippen MR) is 70.7 cm³/mol. The van der Waals surface area contributed by atoms with E-state index in [1.165, 1.54) is 24.0 Å². The third-order valence-corrected chi connectivity index (χ3v) is 3.52. The van der Waals surface area contributed by atoms with Crippen LogP contribution in [0.3, 0.4) is 0 Å². The Morgan fingerprint density at radius 1 is 1.35 bits per heavy atom. The number of benzene rings is 1. The quantitative estimate of drug-likeness (QED) is 0.781. The molecular weight excluding hydrogens is 210 g/mol. The maximum atomic E-state index is 5.14. The van der Waals surface area contributed by atoms with Crippen LogP contribution in [0.4, 0.5) is 0 Å². The van der Waals surface area contributed by atoms with Gasteiger partial charge < -0.3 is 10.1 Å². The highest BCUT2D eigenvalue weighted by Crippen LogP contribution is 2.36. The van der Waals surface area contributed by atoms with E-state index in [2.05, 4.69) is 36.5 Å². The van der Waals surface area contributed by atoms with E-state index < -0.39 is 0 Å². The molecule has 2 rings (SSSR count). The van der Waals surface area contributed by atoms with Crippen LogP contribution in [0, 0.1) is 11.8 Å². The first-order chi connectivity index (χ1) is 8.29. The first kappa shape index (κ1) is 12.6. The van der Waals surface area contributed by atoms with E-state index in [-0.39, 0.29) is 0 Å². The standard InChI is InChI=1S/C15H23NO/c1-12(15-6-7-15)9-16-10-13-4-3-5-14(8-13)11-17-2/h3-5,8,12,15-16H,6-7,9-11H2,1-2H3. The van der Waals surface area contributed by atoms with Gasteiger partial charge in [-0.2, -0.15) is 0 Å². The third-order valence-electron chi connectivity index (χ3n) is 3.52. The predicted octanol–water partition coefficient (Wildman–Crippen LogP) is 2.97. The van der Waals surface area contributed by atoms with Crippen LogP contribution >= 0.6 is 0 Å². The van der Waals surface area contributed by atoms with Crippen LogP contribution in [-0.4, -0.2) is 13.7 Å². The first-order valence-electron chi connectivity index (χ1n) is 6.57. The highest BCUT2D eigenvalue weighted by molar-refractivity contribution is 5.22. The fourth-order valence-corrected chi connectivity index (χ4v) is 2.27. The summed E-state index contributed by atoms with van der Waals surface area (Å²) < 4.78 is 5.14. The van der Waals surface area contributed by atoms with E-state index in [0.29, 0.717) is 6.61 Å². The molecule has 94 valence electrons. The van der Waals surface area contributed by atoms with E-state index in [1.54, 1.807) is 7.11 Å². The van der Waals surface area contributed by atoms with Crippen molar-refractivity contribution in [1.29, 1.82) is 0 Å². The molecule has 1 aromatic carbocycles. The van der Waals surface area contributed by atoms with Gasteiger partial charge in [0.1, 0.15) is 0 Å². The van der Waals surface area contributed by atoms with Gasteiger partial charge in [-0.3, -0.25) is 0 Å². The fourth-order valence-electron chi connectivity index (χ4n) is 2.27. The monoisotopic (exact) mass is 233 g/mol. The fraction of sp³-hybridized carbons (Fsp3) is 0.600. The summed E-state index contributed by atoms with van der Waals surface area (Å²) in [6.45, 7) is 5.16. The Labute approximate surface area is 104 Å². The number of methoxy groups -OCH3 is 1. The zero-order valence-electron chi connectivity index (χ0n) is 10.9. The molecule has 1 fully saturated rings. The normalized spacial score (nSPS) is 17.1. The second-order valence-corrected chi connectivity index (χ2v) is 5.20. The summed E-state index contributed by atoms with van der Waals surface area (Å²) >= 11 is 0. The van der Waals surface area contributed by atoms with Gasteiger partial charge in [-0.05, 0) is 42.3 Å². The molecule has 2 nitrogen and oxygen atoms in total. The maximum Gasteiger partial charge on any atom is 0.0713 e. The van der Waals surface area contributed by atoms with Gasteiger partial charge in [-0.25, -0.2) is 0 Å². The molecule has 0 aliphatic heterocycles. The van der Waals surface area contributed by atoms with Crippen LogP contribution in [0.15, 0.2) is 24.3 Å². The van der Waals surface area contributed by atoms with E-state index >= 15 is 0 Å². The lowest BCUT2D eigenvalue weighted by atomic mass is 10.1. The molecule has 2 heteroatoms. The summed E-state index contributed by atoms with van der Waals surface area (Å²) in [5.74, 6) is 1.82. The lowest BCUT2D eigenvalue weighted by molar-refractivity contribution is 0.185. The van der Waals surface area contributed by atoms with Crippen LogP contribution in [0.2, 0.25) is 0 Å². The second kappa shape index (κ2) is 6.18. The highest BCUT2D eigenvalue weighted by atomic mass is 16.5. The molecule has 0 spiro atoms. The smallest absolute Gasteiger partial charge is 0.0713 e. The molecule has 0 heterocycles. The molecule has 1 aliphatic rings. The van der Waals surface area contributed by atoms with Gasteiger partial charge in [-0.15, -0.1) is 0 Å². The van der Waals surface area contributed by atoms with Crippen LogP contribution in [0.5, 0.6) is 0 Å². The molecule has 0 aromatic heterocycles. The summed E-state index contributed by atoms with van der Waals surface area (Å²) in [4.78, 5) is 0. The Balaban J connectivity index is 1.75. The molecule has 1 N–H and O–H groups in total. The molecule has 1 atom stereocenters. The van der Waals surface area contributed by atoms with Crippen LogP contribution in [0.1, 0.15) is 30.9 Å². The molecule has 0 amide bonds. The zero-order chi connectivity index (χ0) is 12.1. The Bertz CT molecular complexity index is 347. The molecule has 0 saturated heterocycles. The third kappa shape index (κ3) is 4.14. The number of hydrogen-bond donors (Lipinski definition) is 1. The summed E-state index contributed by atoms with van der Waals surface area (Å²) in [6, 6.07) is 8.61. The average Bonchev–Trinajstić information content (AvgIpc) is 3.14. The van der Waals surface area contributed by atoms with E-state index in [0.717, 1.165) is 24.9 Å². The Kier molecular flexibility index (Phi) is 4.57. The Hall–Kier alpha value is -0.860. The lowest BCUT2D eigenvalue weighted by Crippen LogP contribution is -2.21. The SMILES string of the molecule is COCc1cccc(CNCC(C)C2CC2)c1. The van der Waals surface area contributed by atoms with Crippen molar-refractivity contribution < 1.29 is 4.74 Å². The largest absolute Gasteiger partial charge is 0.380 e. The van der Waals surface area contributed by atoms with Gasteiger partial charge in [0.15, 0.2) is 0 Å². The zero-order valence-corrected chi connectivity index (χ0v) is 10.9. The Morgan fingerprint density at radius 3 is 2.82 bits per heavy atom. The lowest BCUT2D eigenvalue weighted by Gasteiger charge is -2.11. The number of rotatable bonds is 7. The molecule has 0 bridgehead atoms.